The number of carbonyl (C=O) groups excluding carboxylic acids is 1. The maximum Gasteiger partial charge on any atom is 0.253 e. The number of hydrogen-bond acceptors (Lipinski definition) is 7. The zero-order chi connectivity index (χ0) is 22.7. The number of aryl methyl sites for hydroxylation is 1. The second kappa shape index (κ2) is 9.70. The van der Waals surface area contributed by atoms with Crippen LogP contribution in [0.15, 0.2) is 46.0 Å². The van der Waals surface area contributed by atoms with E-state index in [9.17, 15) is 13.2 Å². The predicted molar refractivity (Wildman–Crippen MR) is 128 cm³/mol. The van der Waals surface area contributed by atoms with Gasteiger partial charge < -0.3 is 10.1 Å². The van der Waals surface area contributed by atoms with Gasteiger partial charge in [0.2, 0.25) is 5.91 Å². The summed E-state index contributed by atoms with van der Waals surface area (Å²) in [6.45, 7) is 4.83. The van der Waals surface area contributed by atoms with E-state index in [1.54, 1.807) is 17.5 Å². The topological polar surface area (TPSA) is 88.6 Å². The Bertz CT molecular complexity index is 1170. The maximum atomic E-state index is 13.1. The molecule has 3 aromatic rings. The molecule has 32 heavy (non-hydrogen) atoms. The molecule has 7 nitrogen and oxygen atoms in total. The van der Waals surface area contributed by atoms with Crippen LogP contribution in [0.5, 0.6) is 5.75 Å². The number of rotatable bonds is 7. The highest BCUT2D eigenvalue weighted by molar-refractivity contribution is 7.91. The molecule has 4 rings (SSSR count). The average Bonchev–Trinajstić information content (AvgIpc) is 3.45. The molecule has 1 fully saturated rings. The van der Waals surface area contributed by atoms with Crippen LogP contribution in [0.3, 0.4) is 0 Å². The standard InChI is InChI=1S/C22H25N3O4S3/c1-3-29-17-11-9-16(10-12-17)20-15(2)31-22(23-20)24-21(26)18-7-4-5-13-25(18)32(27,28)19-8-6-14-30-19/h6,8-12,14,18H,3-5,7,13H2,1-2H3,(H,23,24,26). The summed E-state index contributed by atoms with van der Waals surface area (Å²) in [5, 5.41) is 5.06. The molecule has 1 atom stereocenters. The number of piperidine rings is 1. The molecule has 1 aliphatic rings. The SMILES string of the molecule is CCOc1ccc(-c2nc(NC(=O)C3CCCCN3S(=O)(=O)c3cccs3)sc2C)cc1. The van der Waals surface area contributed by atoms with Gasteiger partial charge in [-0.1, -0.05) is 12.5 Å². The van der Waals surface area contributed by atoms with Crippen LogP contribution >= 0.6 is 22.7 Å². The van der Waals surface area contributed by atoms with Crippen LogP contribution < -0.4 is 10.1 Å². The van der Waals surface area contributed by atoms with Crippen molar-refractivity contribution < 1.29 is 17.9 Å². The number of carbonyl (C=O) groups is 1. The highest BCUT2D eigenvalue weighted by atomic mass is 32.2. The fourth-order valence-electron chi connectivity index (χ4n) is 3.76. The monoisotopic (exact) mass is 491 g/mol. The van der Waals surface area contributed by atoms with E-state index in [1.165, 1.54) is 27.0 Å². The molecule has 1 N–H and O–H groups in total. The number of hydrogen-bond donors (Lipinski definition) is 1. The normalized spacial score (nSPS) is 17.2. The summed E-state index contributed by atoms with van der Waals surface area (Å²) in [5.74, 6) is 0.457. The minimum atomic E-state index is -3.70. The number of thiophene rings is 1. The van der Waals surface area contributed by atoms with Gasteiger partial charge in [0.15, 0.2) is 5.13 Å². The van der Waals surface area contributed by atoms with Crippen molar-refractivity contribution in [2.24, 2.45) is 0 Å². The first-order chi connectivity index (χ1) is 15.4. The van der Waals surface area contributed by atoms with E-state index in [0.29, 0.717) is 24.7 Å². The molecule has 0 saturated carbocycles. The van der Waals surface area contributed by atoms with Crippen LogP contribution in [-0.2, 0) is 14.8 Å². The van der Waals surface area contributed by atoms with Crippen molar-refractivity contribution in [2.75, 3.05) is 18.5 Å². The van der Waals surface area contributed by atoms with Crippen LogP contribution in [0.25, 0.3) is 11.3 Å². The highest BCUT2D eigenvalue weighted by Gasteiger charge is 2.38. The number of anilines is 1. The summed E-state index contributed by atoms with van der Waals surface area (Å²) in [6, 6.07) is 10.2. The van der Waals surface area contributed by atoms with Crippen LogP contribution in [-0.4, -0.2) is 42.8 Å². The first kappa shape index (κ1) is 22.9. The van der Waals surface area contributed by atoms with Gasteiger partial charge in [-0.3, -0.25) is 4.79 Å². The summed E-state index contributed by atoms with van der Waals surface area (Å²) in [4.78, 5) is 18.7. The van der Waals surface area contributed by atoms with Gasteiger partial charge in [-0.2, -0.15) is 4.31 Å². The largest absolute Gasteiger partial charge is 0.494 e. The van der Waals surface area contributed by atoms with Gasteiger partial charge in [-0.25, -0.2) is 13.4 Å². The third-order valence-corrected chi connectivity index (χ3v) is 9.45. The quantitative estimate of drug-likeness (QED) is 0.515. The van der Waals surface area contributed by atoms with E-state index >= 15 is 0 Å². The van der Waals surface area contributed by atoms with Crippen LogP contribution in [0.1, 0.15) is 31.1 Å². The molecule has 2 aromatic heterocycles. The Labute approximate surface area is 196 Å². The second-order valence-corrected chi connectivity index (χ2v) is 11.7. The van der Waals surface area contributed by atoms with Gasteiger partial charge in [-0.05, 0) is 62.4 Å². The maximum absolute atomic E-state index is 13.1. The van der Waals surface area contributed by atoms with Crippen molar-refractivity contribution in [3.8, 4) is 17.0 Å². The molecule has 1 aliphatic heterocycles. The summed E-state index contributed by atoms with van der Waals surface area (Å²) in [7, 11) is -3.70. The molecular formula is C22H25N3O4S3. The van der Waals surface area contributed by atoms with Gasteiger partial charge in [0, 0.05) is 17.0 Å². The lowest BCUT2D eigenvalue weighted by Gasteiger charge is -2.32. The first-order valence-corrected chi connectivity index (χ1v) is 13.6. The number of thiazole rings is 1. The molecule has 1 unspecified atom stereocenters. The number of ether oxygens (including phenoxy) is 1. The number of nitrogens with one attached hydrogen (secondary N) is 1. The fraction of sp³-hybridized carbons (Fsp3) is 0.364. The molecule has 1 amide bonds. The lowest BCUT2D eigenvalue weighted by Crippen LogP contribution is -2.49. The molecule has 1 aromatic carbocycles. The minimum absolute atomic E-state index is 0.264. The average molecular weight is 492 g/mol. The third kappa shape index (κ3) is 4.73. The van der Waals surface area contributed by atoms with Crippen molar-refractivity contribution in [2.45, 2.75) is 43.4 Å². The molecule has 0 bridgehead atoms. The van der Waals surface area contributed by atoms with Crippen molar-refractivity contribution in [1.82, 2.24) is 9.29 Å². The third-order valence-electron chi connectivity index (χ3n) is 5.28. The Balaban J connectivity index is 1.52. The molecule has 1 saturated heterocycles. The van der Waals surface area contributed by atoms with E-state index in [2.05, 4.69) is 10.3 Å². The van der Waals surface area contributed by atoms with Crippen LogP contribution in [0.4, 0.5) is 5.13 Å². The molecule has 170 valence electrons. The first-order valence-electron chi connectivity index (χ1n) is 10.5. The van der Waals surface area contributed by atoms with E-state index in [-0.39, 0.29) is 10.1 Å². The highest BCUT2D eigenvalue weighted by Crippen LogP contribution is 2.33. The van der Waals surface area contributed by atoms with Gasteiger partial charge in [0.25, 0.3) is 10.0 Å². The smallest absolute Gasteiger partial charge is 0.253 e. The van der Waals surface area contributed by atoms with Crippen molar-refractivity contribution in [3.05, 3.63) is 46.7 Å². The number of aromatic nitrogens is 1. The van der Waals surface area contributed by atoms with Gasteiger partial charge in [0.1, 0.15) is 16.0 Å². The number of benzene rings is 1. The summed E-state index contributed by atoms with van der Waals surface area (Å²) < 4.78 is 33.2. The molecule has 0 radical (unpaired) electrons. The number of nitrogens with zero attached hydrogens (tertiary/aromatic N) is 2. The summed E-state index contributed by atoms with van der Waals surface area (Å²) in [6.07, 6.45) is 2.04. The molecule has 0 aliphatic carbocycles. The number of sulfonamides is 1. The zero-order valence-corrected chi connectivity index (χ0v) is 20.4. The molecule has 3 heterocycles. The van der Waals surface area contributed by atoms with Gasteiger partial charge >= 0.3 is 0 Å². The summed E-state index contributed by atoms with van der Waals surface area (Å²) >= 11 is 2.55. The van der Waals surface area contributed by atoms with Gasteiger partial charge in [-0.15, -0.1) is 22.7 Å². The zero-order valence-electron chi connectivity index (χ0n) is 17.9. The van der Waals surface area contributed by atoms with E-state index in [0.717, 1.165) is 34.7 Å². The van der Waals surface area contributed by atoms with E-state index < -0.39 is 16.1 Å². The Morgan fingerprint density at radius 3 is 2.72 bits per heavy atom. The van der Waals surface area contributed by atoms with Crippen molar-refractivity contribution >= 4 is 43.7 Å². The minimum Gasteiger partial charge on any atom is -0.494 e. The Morgan fingerprint density at radius 1 is 1.25 bits per heavy atom. The molecule has 0 spiro atoms. The van der Waals surface area contributed by atoms with Crippen molar-refractivity contribution in [1.29, 1.82) is 0 Å². The summed E-state index contributed by atoms with van der Waals surface area (Å²) in [5.41, 5.74) is 1.72. The van der Waals surface area contributed by atoms with Crippen LogP contribution in [0.2, 0.25) is 0 Å². The predicted octanol–water partition coefficient (Wildman–Crippen LogP) is 4.76. The van der Waals surface area contributed by atoms with Crippen LogP contribution in [0, 0.1) is 6.92 Å². The second-order valence-electron chi connectivity index (χ2n) is 7.43. The Kier molecular flexibility index (Phi) is 6.94. The van der Waals surface area contributed by atoms with E-state index in [4.69, 9.17) is 4.74 Å². The molecule has 10 heteroatoms. The number of amides is 1. The van der Waals surface area contributed by atoms with Crippen molar-refractivity contribution in [3.63, 3.8) is 0 Å². The lowest BCUT2D eigenvalue weighted by atomic mass is 10.0. The van der Waals surface area contributed by atoms with Gasteiger partial charge in [0.05, 0.1) is 12.3 Å². The fourth-order valence-corrected chi connectivity index (χ4v) is 7.38. The Hall–Kier alpha value is -2.27. The Morgan fingerprint density at radius 2 is 2.03 bits per heavy atom. The lowest BCUT2D eigenvalue weighted by molar-refractivity contribution is -0.120. The van der Waals surface area contributed by atoms with E-state index in [1.807, 2.05) is 38.1 Å². The molecular weight excluding hydrogens is 466 g/mol.